The van der Waals surface area contributed by atoms with E-state index in [1.54, 1.807) is 24.7 Å². The summed E-state index contributed by atoms with van der Waals surface area (Å²) in [6, 6.07) is 0.0289. The molecule has 5 atom stereocenters. The lowest BCUT2D eigenvalue weighted by molar-refractivity contribution is -0.172. The number of anilines is 2. The second kappa shape index (κ2) is 10.1. The highest BCUT2D eigenvalue weighted by Crippen LogP contribution is 2.46. The smallest absolute Gasteiger partial charge is 0.323 e. The second-order valence-corrected chi connectivity index (χ2v) is 11.8. The van der Waals surface area contributed by atoms with E-state index in [1.807, 2.05) is 6.92 Å². The SMILES string of the molecule is CC(C)OC(=O)[C@H](C)N[PH](=O)OC[C@]1(F)C[C@H](C)[C@H](n2cnc3c(N(C4CC4)C4CC4)nc(N)nc32)O1. The van der Waals surface area contributed by atoms with Gasteiger partial charge in [-0.25, -0.2) is 14.5 Å². The van der Waals surface area contributed by atoms with Gasteiger partial charge < -0.3 is 24.6 Å². The highest BCUT2D eigenvalue weighted by molar-refractivity contribution is 7.36. The van der Waals surface area contributed by atoms with Crippen LogP contribution < -0.4 is 15.7 Å². The topological polar surface area (TPSA) is 147 Å². The number of nitrogens with two attached hydrogens (primary N) is 1. The van der Waals surface area contributed by atoms with E-state index in [1.165, 1.54) is 6.92 Å². The predicted molar refractivity (Wildman–Crippen MR) is 135 cm³/mol. The van der Waals surface area contributed by atoms with Crippen molar-refractivity contribution in [3.05, 3.63) is 6.33 Å². The molecule has 0 amide bonds. The van der Waals surface area contributed by atoms with Crippen molar-refractivity contribution >= 4 is 37.1 Å². The summed E-state index contributed by atoms with van der Waals surface area (Å²) in [5.74, 6) is -2.15. The molecule has 2 saturated carbocycles. The third-order valence-electron chi connectivity index (χ3n) is 6.72. The van der Waals surface area contributed by atoms with Crippen LogP contribution in [0.4, 0.5) is 16.2 Å². The molecule has 0 radical (unpaired) electrons. The molecule has 0 bridgehead atoms. The van der Waals surface area contributed by atoms with Crippen molar-refractivity contribution in [1.82, 2.24) is 24.6 Å². The normalized spacial score (nSPS) is 27.5. The minimum atomic E-state index is -2.92. The second-order valence-electron chi connectivity index (χ2n) is 10.6. The first kappa shape index (κ1) is 26.3. The zero-order valence-electron chi connectivity index (χ0n) is 21.5. The molecule has 2 aliphatic carbocycles. The number of imidazole rings is 1. The van der Waals surface area contributed by atoms with Gasteiger partial charge in [-0.15, -0.1) is 0 Å². The van der Waals surface area contributed by atoms with Crippen LogP contribution in [0.2, 0.25) is 0 Å². The number of alkyl halides is 1. The van der Waals surface area contributed by atoms with Gasteiger partial charge in [0, 0.05) is 24.4 Å². The molecule has 2 aromatic heterocycles. The number of nitrogens with zero attached hydrogens (tertiary/aromatic N) is 5. The number of ether oxygens (including phenoxy) is 2. The average Bonchev–Trinajstić information content (AvgIpc) is 3.75. The molecule has 3 aliphatic rings. The Balaban J connectivity index is 1.28. The van der Waals surface area contributed by atoms with E-state index in [0.717, 1.165) is 31.5 Å². The molecule has 5 rings (SSSR count). The van der Waals surface area contributed by atoms with Gasteiger partial charge in [0.25, 0.3) is 8.18 Å². The summed E-state index contributed by atoms with van der Waals surface area (Å²) >= 11 is 0. The number of halogens is 1. The van der Waals surface area contributed by atoms with Gasteiger partial charge in [0.05, 0.1) is 12.4 Å². The lowest BCUT2D eigenvalue weighted by Gasteiger charge is -2.24. The zero-order chi connectivity index (χ0) is 26.5. The summed E-state index contributed by atoms with van der Waals surface area (Å²) < 4.78 is 45.8. The van der Waals surface area contributed by atoms with Crippen LogP contribution in [0.3, 0.4) is 0 Å². The number of aromatic nitrogens is 4. The summed E-state index contributed by atoms with van der Waals surface area (Å²) in [4.78, 5) is 27.7. The largest absolute Gasteiger partial charge is 0.462 e. The van der Waals surface area contributed by atoms with Crippen LogP contribution in [0.25, 0.3) is 11.2 Å². The molecule has 3 fully saturated rings. The molecule has 3 heterocycles. The maximum Gasteiger partial charge on any atom is 0.323 e. The first-order valence-electron chi connectivity index (χ1n) is 12.8. The van der Waals surface area contributed by atoms with E-state index in [-0.39, 0.29) is 24.4 Å². The number of rotatable bonds is 11. The van der Waals surface area contributed by atoms with Gasteiger partial charge in [-0.3, -0.25) is 13.9 Å². The fraction of sp³-hybridized carbons (Fsp3) is 0.739. The Hall–Kier alpha value is -2.34. The van der Waals surface area contributed by atoms with Gasteiger partial charge in [-0.2, -0.15) is 9.97 Å². The third-order valence-corrected chi connectivity index (χ3v) is 7.80. The molecule has 14 heteroatoms. The van der Waals surface area contributed by atoms with Crippen LogP contribution in [-0.2, 0) is 23.4 Å². The van der Waals surface area contributed by atoms with Gasteiger partial charge in [0.2, 0.25) is 11.8 Å². The Morgan fingerprint density at radius 1 is 1.32 bits per heavy atom. The molecule has 3 N–H and O–H groups in total. The van der Waals surface area contributed by atoms with Crippen molar-refractivity contribution in [3.8, 4) is 0 Å². The number of hydrogen-bond acceptors (Lipinski definition) is 10. The number of nitrogens with one attached hydrogen (secondary N) is 1. The van der Waals surface area contributed by atoms with Crippen molar-refractivity contribution in [1.29, 1.82) is 0 Å². The molecule has 1 saturated heterocycles. The molecule has 37 heavy (non-hydrogen) atoms. The molecule has 0 aromatic carbocycles. The van der Waals surface area contributed by atoms with Gasteiger partial charge >= 0.3 is 5.97 Å². The molecular weight excluding hydrogens is 504 g/mol. The Morgan fingerprint density at radius 3 is 2.62 bits per heavy atom. The van der Waals surface area contributed by atoms with Crippen molar-refractivity contribution in [2.45, 2.75) is 96.1 Å². The number of carbonyl (C=O) groups is 1. The summed E-state index contributed by atoms with van der Waals surface area (Å²) in [5.41, 5.74) is 7.20. The third kappa shape index (κ3) is 5.74. The zero-order valence-corrected chi connectivity index (χ0v) is 22.5. The molecule has 204 valence electrons. The summed E-state index contributed by atoms with van der Waals surface area (Å²) in [7, 11) is -2.92. The van der Waals surface area contributed by atoms with Crippen LogP contribution >= 0.6 is 8.18 Å². The van der Waals surface area contributed by atoms with Crippen LogP contribution in [0.15, 0.2) is 6.33 Å². The molecule has 2 aromatic rings. The van der Waals surface area contributed by atoms with E-state index in [0.29, 0.717) is 23.2 Å². The van der Waals surface area contributed by atoms with Crippen LogP contribution in [0.1, 0.15) is 66.0 Å². The Kier molecular flexibility index (Phi) is 7.16. The average molecular weight is 540 g/mol. The highest BCUT2D eigenvalue weighted by Gasteiger charge is 2.48. The maximum absolute atomic E-state index is 15.7. The number of fused-ring (bicyclic) bond motifs is 1. The summed E-state index contributed by atoms with van der Waals surface area (Å²) in [5, 5.41) is 2.53. The van der Waals surface area contributed by atoms with Crippen LogP contribution in [-0.4, -0.2) is 62.2 Å². The fourth-order valence-electron chi connectivity index (χ4n) is 4.80. The summed E-state index contributed by atoms with van der Waals surface area (Å²) in [6.45, 7) is 6.23. The minimum absolute atomic E-state index is 0.0150. The van der Waals surface area contributed by atoms with Crippen LogP contribution in [0.5, 0.6) is 0 Å². The van der Waals surface area contributed by atoms with Crippen molar-refractivity contribution in [2.24, 2.45) is 5.92 Å². The van der Waals surface area contributed by atoms with Gasteiger partial charge in [0.1, 0.15) is 18.9 Å². The van der Waals surface area contributed by atoms with E-state index >= 15 is 4.39 Å². The van der Waals surface area contributed by atoms with Crippen molar-refractivity contribution < 1.29 is 27.7 Å². The monoisotopic (exact) mass is 539 g/mol. The number of carbonyl (C=O) groups excluding carboxylic acids is 1. The first-order valence-corrected chi connectivity index (χ1v) is 14.1. The standard InChI is InChI=1S/C23H35FN7O5P/c1-12(2)35-21(32)14(4)29-37(33)34-10-23(24)9-13(3)20(36-23)30-11-26-17-18(30)27-22(25)28-19(17)31(15-5-6-15)16-7-8-16/h11-16,20,37H,5-10H2,1-4H3,(H,29,33)(H2,25,27,28)/t13-,14-,20+,23-/m0/s1. The maximum atomic E-state index is 15.7. The highest BCUT2D eigenvalue weighted by atomic mass is 31.1. The fourth-order valence-corrected chi connectivity index (χ4v) is 5.71. The molecule has 1 unspecified atom stereocenters. The molecule has 12 nitrogen and oxygen atoms in total. The lowest BCUT2D eigenvalue weighted by atomic mass is 10.1. The Labute approximate surface area is 215 Å². The number of esters is 1. The van der Waals surface area contributed by atoms with Gasteiger partial charge in [-0.1, -0.05) is 6.92 Å². The van der Waals surface area contributed by atoms with Crippen LogP contribution in [0, 0.1) is 5.92 Å². The minimum Gasteiger partial charge on any atom is -0.462 e. The first-order chi connectivity index (χ1) is 17.5. The van der Waals surface area contributed by atoms with Crippen molar-refractivity contribution in [2.75, 3.05) is 17.2 Å². The number of hydrogen-bond donors (Lipinski definition) is 2. The Morgan fingerprint density at radius 2 is 2.00 bits per heavy atom. The van der Waals surface area contributed by atoms with E-state index in [2.05, 4.69) is 24.9 Å². The summed E-state index contributed by atoms with van der Waals surface area (Å²) in [6.07, 6.45) is 5.04. The molecule has 0 spiro atoms. The van der Waals surface area contributed by atoms with E-state index < -0.39 is 38.9 Å². The quantitative estimate of drug-likeness (QED) is 0.321. The van der Waals surface area contributed by atoms with E-state index in [4.69, 9.17) is 19.7 Å². The number of nitrogen functional groups attached to an aromatic ring is 1. The van der Waals surface area contributed by atoms with Gasteiger partial charge in [-0.05, 0) is 46.5 Å². The van der Waals surface area contributed by atoms with E-state index in [9.17, 15) is 9.36 Å². The predicted octanol–water partition coefficient (Wildman–Crippen LogP) is 3.10. The lowest BCUT2D eigenvalue weighted by Crippen LogP contribution is -2.34. The van der Waals surface area contributed by atoms with Gasteiger partial charge in [0.15, 0.2) is 17.0 Å². The Bertz CT molecular complexity index is 1180. The molecule has 1 aliphatic heterocycles. The molecular formula is C23H35FN7O5P. The van der Waals surface area contributed by atoms with Crippen molar-refractivity contribution in [3.63, 3.8) is 0 Å².